The number of rotatable bonds is 1. The molecule has 0 fully saturated rings. The molecule has 16 heavy (non-hydrogen) atoms. The van der Waals surface area contributed by atoms with Gasteiger partial charge in [-0.1, -0.05) is 12.1 Å². The lowest BCUT2D eigenvalue weighted by Gasteiger charge is -2.07. The Labute approximate surface area is 89.3 Å². The molecule has 0 radical (unpaired) electrons. The van der Waals surface area contributed by atoms with E-state index in [2.05, 4.69) is 4.98 Å². The molecule has 1 aromatic heterocycles. The van der Waals surface area contributed by atoms with Crippen molar-refractivity contribution < 1.29 is 14.4 Å². The molecule has 0 unspecified atom stereocenters. The number of nitrogens with zero attached hydrogens (tertiary/aromatic N) is 2. The Morgan fingerprint density at radius 3 is 2.56 bits per heavy atom. The van der Waals surface area contributed by atoms with Crippen molar-refractivity contribution in [2.75, 3.05) is 5.84 Å². The van der Waals surface area contributed by atoms with Gasteiger partial charge in [-0.2, -0.15) is 0 Å². The third-order valence-electron chi connectivity index (χ3n) is 2.05. The maximum atomic E-state index is 11.5. The van der Waals surface area contributed by atoms with Crippen LogP contribution < -0.4 is 16.8 Å². The minimum absolute atomic E-state index is 0.253. The minimum atomic E-state index is -4.71. The van der Waals surface area contributed by atoms with Gasteiger partial charge in [0.2, 0.25) is 5.44 Å². The molecule has 0 atom stereocenters. The molecule has 0 bridgehead atoms. The first-order chi connectivity index (χ1) is 7.41. The van der Waals surface area contributed by atoms with Crippen molar-refractivity contribution in [3.05, 3.63) is 34.6 Å². The van der Waals surface area contributed by atoms with Crippen molar-refractivity contribution in [2.24, 2.45) is 0 Å². The molecule has 2 rings (SSSR count). The number of nitrogen functional groups attached to an aromatic ring is 1. The standard InChI is InChI=1S/C8H8N3O4P/c9-11-6-4-2-1-3-5(6)10-7(8(11)12)16(13,14)15/h1-4H,9H2,(H2,13,14,15). The van der Waals surface area contributed by atoms with Crippen molar-refractivity contribution >= 4 is 24.1 Å². The molecule has 8 heteroatoms. The van der Waals surface area contributed by atoms with Crippen LogP contribution in [0, 0.1) is 0 Å². The third kappa shape index (κ3) is 1.61. The predicted octanol–water partition coefficient (Wildman–Crippen LogP) is -1.09. The number of aromatic nitrogens is 2. The van der Waals surface area contributed by atoms with Gasteiger partial charge in [-0.25, -0.2) is 9.66 Å². The summed E-state index contributed by atoms with van der Waals surface area (Å²) in [5, 5.41) is 0. The molecular weight excluding hydrogens is 233 g/mol. The Balaban J connectivity index is 2.96. The van der Waals surface area contributed by atoms with Crippen LogP contribution in [0.3, 0.4) is 0 Å². The number of para-hydroxylation sites is 2. The van der Waals surface area contributed by atoms with E-state index in [9.17, 15) is 9.36 Å². The highest BCUT2D eigenvalue weighted by Crippen LogP contribution is 2.30. The molecule has 0 spiro atoms. The van der Waals surface area contributed by atoms with Crippen molar-refractivity contribution in [1.82, 2.24) is 9.66 Å². The maximum absolute atomic E-state index is 11.5. The fourth-order valence-corrected chi connectivity index (χ4v) is 1.93. The predicted molar refractivity (Wildman–Crippen MR) is 57.8 cm³/mol. The van der Waals surface area contributed by atoms with Gasteiger partial charge in [0.25, 0.3) is 0 Å². The molecule has 0 aliphatic carbocycles. The molecule has 0 saturated heterocycles. The van der Waals surface area contributed by atoms with Crippen molar-refractivity contribution in [2.45, 2.75) is 0 Å². The maximum Gasteiger partial charge on any atom is 0.380 e. The van der Waals surface area contributed by atoms with Crippen LogP contribution in [0.4, 0.5) is 0 Å². The molecule has 0 aliphatic heterocycles. The minimum Gasteiger partial charge on any atom is -0.336 e. The molecule has 2 aromatic rings. The van der Waals surface area contributed by atoms with Gasteiger partial charge >= 0.3 is 13.2 Å². The van der Waals surface area contributed by atoms with Gasteiger partial charge in [-0.15, -0.1) is 0 Å². The Morgan fingerprint density at radius 1 is 1.31 bits per heavy atom. The fraction of sp³-hybridized carbons (Fsp3) is 0. The van der Waals surface area contributed by atoms with Crippen molar-refractivity contribution in [3.63, 3.8) is 0 Å². The third-order valence-corrected chi connectivity index (χ3v) is 2.90. The van der Waals surface area contributed by atoms with Gasteiger partial charge in [0.15, 0.2) is 0 Å². The van der Waals surface area contributed by atoms with Crippen LogP contribution in [0.2, 0.25) is 0 Å². The summed E-state index contributed by atoms with van der Waals surface area (Å²) >= 11 is 0. The van der Waals surface area contributed by atoms with Crippen LogP contribution >= 0.6 is 7.60 Å². The molecule has 1 heterocycles. The Bertz CT molecular complexity index is 660. The average molecular weight is 241 g/mol. The first kappa shape index (κ1) is 10.8. The van der Waals surface area contributed by atoms with Crippen molar-refractivity contribution in [3.8, 4) is 0 Å². The Morgan fingerprint density at radius 2 is 1.94 bits per heavy atom. The van der Waals surface area contributed by atoms with Gasteiger partial charge in [-0.05, 0) is 12.1 Å². The van der Waals surface area contributed by atoms with Gasteiger partial charge in [-0.3, -0.25) is 9.36 Å². The first-order valence-electron chi connectivity index (χ1n) is 4.24. The quantitative estimate of drug-likeness (QED) is 0.431. The van der Waals surface area contributed by atoms with Crippen LogP contribution in [-0.2, 0) is 4.57 Å². The summed E-state index contributed by atoms with van der Waals surface area (Å²) in [6.45, 7) is 0. The van der Waals surface area contributed by atoms with E-state index in [4.69, 9.17) is 15.6 Å². The van der Waals surface area contributed by atoms with Gasteiger partial charge in [0, 0.05) is 0 Å². The molecule has 7 nitrogen and oxygen atoms in total. The van der Waals surface area contributed by atoms with E-state index in [1.807, 2.05) is 0 Å². The van der Waals surface area contributed by atoms with Crippen LogP contribution in [0.25, 0.3) is 11.0 Å². The highest BCUT2D eigenvalue weighted by Gasteiger charge is 2.25. The SMILES string of the molecule is Nn1c(=O)c(P(=O)(O)O)nc2ccccc21. The second-order valence-electron chi connectivity index (χ2n) is 3.14. The summed E-state index contributed by atoms with van der Waals surface area (Å²) in [4.78, 5) is 33.0. The largest absolute Gasteiger partial charge is 0.380 e. The molecule has 4 N–H and O–H groups in total. The molecular formula is C8H8N3O4P. The van der Waals surface area contributed by atoms with Gasteiger partial charge in [0.05, 0.1) is 11.0 Å². The van der Waals surface area contributed by atoms with Crippen LogP contribution in [0.15, 0.2) is 29.1 Å². The number of hydrogen-bond acceptors (Lipinski definition) is 4. The lowest BCUT2D eigenvalue weighted by molar-refractivity contribution is 0.385. The summed E-state index contributed by atoms with van der Waals surface area (Å²) in [5.74, 6) is 5.44. The van der Waals surface area contributed by atoms with Crippen molar-refractivity contribution in [1.29, 1.82) is 0 Å². The lowest BCUT2D eigenvalue weighted by Crippen LogP contribution is -2.40. The number of fused-ring (bicyclic) bond motifs is 1. The summed E-state index contributed by atoms with van der Waals surface area (Å²) in [7, 11) is -4.71. The van der Waals surface area contributed by atoms with E-state index in [-0.39, 0.29) is 5.52 Å². The Hall–Kier alpha value is -1.69. The van der Waals surface area contributed by atoms with Crippen LogP contribution in [-0.4, -0.2) is 19.4 Å². The zero-order valence-electron chi connectivity index (χ0n) is 7.94. The zero-order valence-corrected chi connectivity index (χ0v) is 8.83. The molecule has 84 valence electrons. The molecule has 0 aliphatic rings. The summed E-state index contributed by atoms with van der Waals surface area (Å²) in [6, 6.07) is 6.32. The van der Waals surface area contributed by atoms with Crippen LogP contribution in [0.1, 0.15) is 0 Å². The number of benzene rings is 1. The molecule has 0 saturated carbocycles. The Kier molecular flexibility index (Phi) is 2.31. The monoisotopic (exact) mass is 241 g/mol. The van der Waals surface area contributed by atoms with Gasteiger partial charge in [0.1, 0.15) is 0 Å². The van der Waals surface area contributed by atoms with E-state index < -0.39 is 18.6 Å². The topological polar surface area (TPSA) is 118 Å². The highest BCUT2D eigenvalue weighted by molar-refractivity contribution is 7.59. The average Bonchev–Trinajstić information content (AvgIpc) is 2.22. The summed E-state index contributed by atoms with van der Waals surface area (Å²) < 4.78 is 11.7. The van der Waals surface area contributed by atoms with Gasteiger partial charge < -0.3 is 15.6 Å². The normalized spacial score (nSPS) is 11.9. The fourth-order valence-electron chi connectivity index (χ4n) is 1.33. The second kappa shape index (κ2) is 3.41. The second-order valence-corrected chi connectivity index (χ2v) is 4.65. The zero-order chi connectivity index (χ0) is 11.9. The highest BCUT2D eigenvalue weighted by atomic mass is 31.2. The number of hydrogen-bond donors (Lipinski definition) is 3. The summed E-state index contributed by atoms with van der Waals surface area (Å²) in [6.07, 6.45) is 0. The number of nitrogens with two attached hydrogens (primary N) is 1. The smallest absolute Gasteiger partial charge is 0.336 e. The van der Waals surface area contributed by atoms with E-state index >= 15 is 0 Å². The van der Waals surface area contributed by atoms with E-state index in [0.29, 0.717) is 10.2 Å². The van der Waals surface area contributed by atoms with E-state index in [1.54, 1.807) is 12.1 Å². The van der Waals surface area contributed by atoms with E-state index in [1.165, 1.54) is 12.1 Å². The van der Waals surface area contributed by atoms with Crippen LogP contribution in [0.5, 0.6) is 0 Å². The first-order valence-corrected chi connectivity index (χ1v) is 5.85. The summed E-state index contributed by atoms with van der Waals surface area (Å²) in [5.41, 5.74) is -1.27. The molecule has 0 amide bonds. The molecule has 1 aromatic carbocycles. The van der Waals surface area contributed by atoms with E-state index in [0.717, 1.165) is 0 Å². The lowest BCUT2D eigenvalue weighted by atomic mass is 10.3.